The molecule has 6 nitrogen and oxygen atoms in total. The summed E-state index contributed by atoms with van der Waals surface area (Å²) in [6, 6.07) is 10.8. The van der Waals surface area contributed by atoms with Gasteiger partial charge < -0.3 is 4.74 Å². The van der Waals surface area contributed by atoms with E-state index < -0.39 is 22.0 Å². The van der Waals surface area contributed by atoms with E-state index in [-0.39, 0.29) is 12.7 Å². The first-order valence-corrected chi connectivity index (χ1v) is 8.55. The normalized spacial score (nSPS) is 14.6. The topological polar surface area (TPSA) is 66.0 Å². The van der Waals surface area contributed by atoms with Gasteiger partial charge in [0, 0.05) is 0 Å². The van der Waals surface area contributed by atoms with Crippen LogP contribution in [0.2, 0.25) is 0 Å². The van der Waals surface area contributed by atoms with Crippen LogP contribution in [0.1, 0.15) is 5.56 Å². The van der Waals surface area contributed by atoms with Gasteiger partial charge in [-0.05, 0) is 0 Å². The Bertz CT molecular complexity index is 805. The van der Waals surface area contributed by atoms with Gasteiger partial charge in [-0.25, -0.2) is 0 Å². The van der Waals surface area contributed by atoms with Crippen molar-refractivity contribution in [3.05, 3.63) is 48.0 Å². The van der Waals surface area contributed by atoms with Crippen molar-refractivity contribution < 1.29 is 42.4 Å². The van der Waals surface area contributed by atoms with Crippen molar-refractivity contribution >= 4 is 17.7 Å². The van der Waals surface area contributed by atoms with Gasteiger partial charge in [0.25, 0.3) is 0 Å². The third-order valence-corrected chi connectivity index (χ3v) is 4.57. The molecule has 2 aromatic rings. The van der Waals surface area contributed by atoms with Crippen molar-refractivity contribution in [3.8, 4) is 23.0 Å². The van der Waals surface area contributed by atoms with Crippen LogP contribution in [0.15, 0.2) is 42.5 Å². The van der Waals surface area contributed by atoms with Crippen molar-refractivity contribution in [1.29, 1.82) is 0 Å². The number of hydrogen-bond acceptors (Lipinski definition) is 5. The summed E-state index contributed by atoms with van der Waals surface area (Å²) < 4.78 is 21.3. The van der Waals surface area contributed by atoms with Gasteiger partial charge in [-0.15, -0.1) is 0 Å². The van der Waals surface area contributed by atoms with Crippen LogP contribution in [0.25, 0.3) is 6.08 Å². The van der Waals surface area contributed by atoms with Crippen LogP contribution in [0.4, 0.5) is 5.69 Å². The summed E-state index contributed by atoms with van der Waals surface area (Å²) in [5.74, 6) is 2.58. The number of hydrogen-bond donors (Lipinski definition) is 1. The predicted octanol–water partition coefficient (Wildman–Crippen LogP) is -0.243. The third-order valence-electron chi connectivity index (χ3n) is 3.26. The Morgan fingerprint density at radius 1 is 1.00 bits per heavy atom. The molecule has 7 heteroatoms. The number of halogens is 1. The number of benzene rings is 2. The molecule has 0 aromatic heterocycles. The molecule has 23 heavy (non-hydrogen) atoms. The minimum atomic E-state index is -0.711. The van der Waals surface area contributed by atoms with Crippen molar-refractivity contribution in [1.82, 2.24) is 0 Å². The van der Waals surface area contributed by atoms with E-state index in [4.69, 9.17) is 15.6 Å². The molecule has 2 aliphatic rings. The molecule has 0 saturated heterocycles. The van der Waals surface area contributed by atoms with Crippen LogP contribution < -0.4 is 43.0 Å². The van der Waals surface area contributed by atoms with E-state index in [0.29, 0.717) is 17.2 Å². The van der Waals surface area contributed by atoms with Crippen LogP contribution in [0, 0.1) is 0 Å². The molecule has 1 N–H and O–H groups in total. The van der Waals surface area contributed by atoms with E-state index in [0.717, 1.165) is 17.1 Å². The Morgan fingerprint density at radius 2 is 1.83 bits per heavy atom. The van der Waals surface area contributed by atoms with E-state index in [1.54, 1.807) is 24.3 Å². The fraction of sp³-hybridized carbons (Fsp3) is 0.0625. The van der Waals surface area contributed by atoms with E-state index in [2.05, 4.69) is 5.32 Å². The average molecular weight is 424 g/mol. The number of fused-ring (bicyclic) bond motifs is 2. The molecule has 0 unspecified atom stereocenters. The maximum atomic E-state index is 12.0. The molecule has 2 aromatic carbocycles. The SMILES string of the molecule is O=C(/C=C/c1ccc2c(c1)OCO2)Nc1ccc2c(c1)O[I-]O2. The molecule has 0 spiro atoms. The van der Waals surface area contributed by atoms with Crippen LogP contribution in [0.3, 0.4) is 0 Å². The number of carbonyl (C=O) groups excluding carboxylic acids is 1. The summed E-state index contributed by atoms with van der Waals surface area (Å²) in [4.78, 5) is 12.0. The molecule has 0 bridgehead atoms. The van der Waals surface area contributed by atoms with Crippen LogP contribution >= 0.6 is 0 Å². The Morgan fingerprint density at radius 3 is 2.78 bits per heavy atom. The van der Waals surface area contributed by atoms with Crippen molar-refractivity contribution in [3.63, 3.8) is 0 Å². The predicted molar refractivity (Wildman–Crippen MR) is 77.9 cm³/mol. The van der Waals surface area contributed by atoms with Crippen LogP contribution in [-0.4, -0.2) is 12.7 Å². The van der Waals surface area contributed by atoms with Crippen molar-refractivity contribution in [2.75, 3.05) is 12.1 Å². The van der Waals surface area contributed by atoms with Gasteiger partial charge in [0.1, 0.15) is 0 Å². The third kappa shape index (κ3) is 3.04. The van der Waals surface area contributed by atoms with Crippen molar-refractivity contribution in [2.45, 2.75) is 0 Å². The van der Waals surface area contributed by atoms with E-state index >= 15 is 0 Å². The first-order valence-electron chi connectivity index (χ1n) is 6.79. The van der Waals surface area contributed by atoms with E-state index in [1.807, 2.05) is 18.2 Å². The summed E-state index contributed by atoms with van der Waals surface area (Å²) in [7, 11) is 0. The molecular weight excluding hydrogens is 413 g/mol. The fourth-order valence-electron chi connectivity index (χ4n) is 2.17. The fourth-order valence-corrected chi connectivity index (χ4v) is 3.35. The summed E-state index contributed by atoms with van der Waals surface area (Å²) in [6.07, 6.45) is 3.19. The molecule has 2 aliphatic heterocycles. The molecule has 0 fully saturated rings. The van der Waals surface area contributed by atoms with E-state index in [9.17, 15) is 4.79 Å². The molecule has 0 aliphatic carbocycles. The first kappa shape index (κ1) is 14.2. The van der Waals surface area contributed by atoms with Gasteiger partial charge in [0.05, 0.1) is 0 Å². The molecule has 2 heterocycles. The zero-order valence-electron chi connectivity index (χ0n) is 11.7. The zero-order valence-corrected chi connectivity index (χ0v) is 13.9. The number of anilines is 1. The second-order valence-corrected chi connectivity index (χ2v) is 6.05. The number of nitrogens with one attached hydrogen (secondary N) is 1. The standard InChI is InChI=1S/C16H11INO5/c19-16(18-11-3-5-13-15(8-11)23-17-22-13)6-2-10-1-4-12-14(7-10)21-9-20-12/h1-8H,9H2,(H,18,19)/q-1/b6-2+. The number of carbonyl (C=O) groups is 1. The summed E-state index contributed by atoms with van der Waals surface area (Å²) in [6.45, 7) is 0.232. The number of ether oxygens (including phenoxy) is 2. The molecule has 1 amide bonds. The van der Waals surface area contributed by atoms with Crippen molar-refractivity contribution in [2.24, 2.45) is 0 Å². The number of rotatable bonds is 3. The molecular formula is C16H11INO5-. The molecule has 118 valence electrons. The average Bonchev–Trinajstić information content (AvgIpc) is 3.20. The molecule has 0 radical (unpaired) electrons. The molecule has 0 atom stereocenters. The monoisotopic (exact) mass is 424 g/mol. The van der Waals surface area contributed by atoms with E-state index in [1.165, 1.54) is 6.08 Å². The molecule has 0 saturated carbocycles. The van der Waals surface area contributed by atoms with Gasteiger partial charge in [0.2, 0.25) is 6.79 Å². The van der Waals surface area contributed by atoms with Gasteiger partial charge in [-0.1, -0.05) is 0 Å². The van der Waals surface area contributed by atoms with Gasteiger partial charge in [-0.3, -0.25) is 0 Å². The second-order valence-electron chi connectivity index (χ2n) is 4.81. The van der Waals surface area contributed by atoms with Crippen LogP contribution in [0.5, 0.6) is 23.0 Å². The summed E-state index contributed by atoms with van der Waals surface area (Å²) in [5, 5.41) is 2.79. The molecule has 4 rings (SSSR count). The quantitative estimate of drug-likeness (QED) is 0.545. The maximum absolute atomic E-state index is 12.0. The zero-order chi connectivity index (χ0) is 15.6. The Labute approximate surface area is 143 Å². The van der Waals surface area contributed by atoms with Crippen LogP contribution in [-0.2, 0) is 4.79 Å². The van der Waals surface area contributed by atoms with Gasteiger partial charge in [0.15, 0.2) is 0 Å². The van der Waals surface area contributed by atoms with Gasteiger partial charge >= 0.3 is 132 Å². The Hall–Kier alpha value is -2.42. The minimum absolute atomic E-state index is 0.226. The summed E-state index contributed by atoms with van der Waals surface area (Å²) in [5.41, 5.74) is 1.53. The Kier molecular flexibility index (Phi) is 3.70. The number of amides is 1. The Balaban J connectivity index is 1.43. The summed E-state index contributed by atoms with van der Waals surface area (Å²) >= 11 is -0.711. The first-order chi connectivity index (χ1) is 11.3. The second kappa shape index (κ2) is 5.99. The van der Waals surface area contributed by atoms with Gasteiger partial charge in [-0.2, -0.15) is 0 Å².